The Morgan fingerprint density at radius 2 is 2.00 bits per heavy atom. The summed E-state index contributed by atoms with van der Waals surface area (Å²) in [5, 5.41) is 0. The lowest BCUT2D eigenvalue weighted by Gasteiger charge is -2.14. The number of hydrogen-bond donors (Lipinski definition) is 2. The van der Waals surface area contributed by atoms with E-state index < -0.39 is 21.3 Å². The van der Waals surface area contributed by atoms with Gasteiger partial charge >= 0.3 is 5.69 Å². The Kier molecular flexibility index (Phi) is 4.60. The summed E-state index contributed by atoms with van der Waals surface area (Å²) in [6.07, 6.45) is 2.23. The molecule has 118 valence electrons. The highest BCUT2D eigenvalue weighted by Crippen LogP contribution is 2.33. The van der Waals surface area contributed by atoms with Crippen molar-refractivity contribution in [3.63, 3.8) is 0 Å². The van der Waals surface area contributed by atoms with Crippen LogP contribution in [0.1, 0.15) is 0 Å². The number of hydrogen-bond acceptors (Lipinski definition) is 5. The maximum absolute atomic E-state index is 11.9. The SMILES string of the molecule is COc1c(I)cc(-n2c(=O)cc[nH]c2=O)cc1NS(C)(=O)=O. The van der Waals surface area contributed by atoms with Gasteiger partial charge in [0.05, 0.1) is 28.3 Å². The minimum absolute atomic E-state index is 0.141. The molecule has 0 radical (unpaired) electrons. The average Bonchev–Trinajstić information content (AvgIpc) is 2.36. The zero-order valence-electron chi connectivity index (χ0n) is 11.6. The van der Waals surface area contributed by atoms with E-state index in [-0.39, 0.29) is 11.4 Å². The molecule has 0 saturated carbocycles. The molecule has 1 aromatic heterocycles. The molecular weight excluding hydrogens is 425 g/mol. The van der Waals surface area contributed by atoms with Crippen molar-refractivity contribution in [3.8, 4) is 11.4 Å². The molecule has 0 saturated heterocycles. The lowest BCUT2D eigenvalue weighted by molar-refractivity contribution is 0.414. The maximum atomic E-state index is 11.9. The van der Waals surface area contributed by atoms with Gasteiger partial charge in [-0.3, -0.25) is 9.52 Å². The predicted molar refractivity (Wildman–Crippen MR) is 90.4 cm³/mol. The number of anilines is 1. The van der Waals surface area contributed by atoms with E-state index in [0.717, 1.165) is 10.8 Å². The van der Waals surface area contributed by atoms with Crippen LogP contribution in [0, 0.1) is 3.57 Å². The second-order valence-corrected chi connectivity index (χ2v) is 7.25. The highest BCUT2D eigenvalue weighted by Gasteiger charge is 2.15. The first kappa shape index (κ1) is 16.5. The van der Waals surface area contributed by atoms with Crippen LogP contribution in [0.15, 0.2) is 34.0 Å². The molecule has 0 fully saturated rings. The minimum Gasteiger partial charge on any atom is -0.493 e. The highest BCUT2D eigenvalue weighted by molar-refractivity contribution is 14.1. The first-order valence-corrected chi connectivity index (χ1v) is 8.86. The van der Waals surface area contributed by atoms with Gasteiger partial charge in [-0.05, 0) is 34.7 Å². The third-order valence-electron chi connectivity index (χ3n) is 2.64. The van der Waals surface area contributed by atoms with E-state index in [9.17, 15) is 18.0 Å². The van der Waals surface area contributed by atoms with Crippen LogP contribution in [0.2, 0.25) is 0 Å². The lowest BCUT2D eigenvalue weighted by Crippen LogP contribution is -2.32. The van der Waals surface area contributed by atoms with Crippen LogP contribution in [0.25, 0.3) is 5.69 Å². The van der Waals surface area contributed by atoms with E-state index in [1.54, 1.807) is 6.07 Å². The summed E-state index contributed by atoms with van der Waals surface area (Å²) >= 11 is 1.93. The monoisotopic (exact) mass is 437 g/mol. The number of nitrogens with zero attached hydrogens (tertiary/aromatic N) is 1. The first-order valence-electron chi connectivity index (χ1n) is 5.89. The van der Waals surface area contributed by atoms with Gasteiger partial charge in [0.25, 0.3) is 5.56 Å². The van der Waals surface area contributed by atoms with Crippen molar-refractivity contribution < 1.29 is 13.2 Å². The molecule has 0 amide bonds. The van der Waals surface area contributed by atoms with Gasteiger partial charge in [-0.25, -0.2) is 17.8 Å². The van der Waals surface area contributed by atoms with E-state index >= 15 is 0 Å². The zero-order chi connectivity index (χ0) is 16.5. The fraction of sp³-hybridized carbons (Fsp3) is 0.167. The standard InChI is InChI=1S/C12H12IN3O5S/c1-21-11-8(13)5-7(6-9(11)15-22(2,19)20)16-10(17)3-4-14-12(16)18/h3-6,15H,1-2H3,(H,14,18). The molecule has 0 spiro atoms. The maximum Gasteiger partial charge on any atom is 0.332 e. The van der Waals surface area contributed by atoms with E-state index in [2.05, 4.69) is 9.71 Å². The topological polar surface area (TPSA) is 110 Å². The third-order valence-corrected chi connectivity index (χ3v) is 4.03. The number of aromatic amines is 1. The van der Waals surface area contributed by atoms with Gasteiger partial charge in [0.1, 0.15) is 0 Å². The van der Waals surface area contributed by atoms with E-state index in [1.165, 1.54) is 25.4 Å². The van der Waals surface area contributed by atoms with Crippen LogP contribution in [-0.4, -0.2) is 31.3 Å². The van der Waals surface area contributed by atoms with Gasteiger partial charge in [-0.1, -0.05) is 0 Å². The number of halogens is 1. The van der Waals surface area contributed by atoms with Crippen molar-refractivity contribution in [1.29, 1.82) is 0 Å². The van der Waals surface area contributed by atoms with Crippen molar-refractivity contribution >= 4 is 38.3 Å². The highest BCUT2D eigenvalue weighted by atomic mass is 127. The van der Waals surface area contributed by atoms with Gasteiger partial charge in [-0.15, -0.1) is 0 Å². The third kappa shape index (κ3) is 3.50. The Morgan fingerprint density at radius 1 is 1.32 bits per heavy atom. The van der Waals surface area contributed by atoms with E-state index in [4.69, 9.17) is 4.74 Å². The number of ether oxygens (including phenoxy) is 1. The smallest absolute Gasteiger partial charge is 0.332 e. The van der Waals surface area contributed by atoms with Crippen LogP contribution < -0.4 is 20.7 Å². The molecular formula is C12H12IN3O5S. The molecule has 2 N–H and O–H groups in total. The number of aromatic nitrogens is 2. The van der Waals surface area contributed by atoms with Crippen LogP contribution in [0.5, 0.6) is 5.75 Å². The van der Waals surface area contributed by atoms with Crippen molar-refractivity contribution in [1.82, 2.24) is 9.55 Å². The fourth-order valence-corrected chi connectivity index (χ4v) is 3.24. The summed E-state index contributed by atoms with van der Waals surface area (Å²) in [6, 6.07) is 4.10. The molecule has 2 rings (SSSR count). The van der Waals surface area contributed by atoms with E-state index in [0.29, 0.717) is 9.32 Å². The molecule has 0 aliphatic rings. The van der Waals surface area contributed by atoms with Crippen LogP contribution >= 0.6 is 22.6 Å². The van der Waals surface area contributed by atoms with Crippen LogP contribution in [0.3, 0.4) is 0 Å². The van der Waals surface area contributed by atoms with Gasteiger partial charge in [0.2, 0.25) is 10.0 Å². The number of methoxy groups -OCH3 is 1. The summed E-state index contributed by atoms with van der Waals surface area (Å²) < 4.78 is 31.8. The van der Waals surface area contributed by atoms with Crippen molar-refractivity contribution in [2.24, 2.45) is 0 Å². The zero-order valence-corrected chi connectivity index (χ0v) is 14.6. The Balaban J connectivity index is 2.75. The molecule has 2 aromatic rings. The van der Waals surface area contributed by atoms with Crippen molar-refractivity contribution in [3.05, 3.63) is 48.8 Å². The molecule has 10 heteroatoms. The molecule has 8 nitrogen and oxygen atoms in total. The Bertz CT molecular complexity index is 904. The molecule has 1 heterocycles. The molecule has 1 aromatic carbocycles. The molecule has 0 aliphatic heterocycles. The largest absolute Gasteiger partial charge is 0.493 e. The Labute approximate surface area is 139 Å². The fourth-order valence-electron chi connectivity index (χ4n) is 1.86. The Hall–Kier alpha value is -1.82. The Morgan fingerprint density at radius 3 is 2.55 bits per heavy atom. The van der Waals surface area contributed by atoms with Gasteiger partial charge in [-0.2, -0.15) is 0 Å². The van der Waals surface area contributed by atoms with E-state index in [1.807, 2.05) is 22.6 Å². The summed E-state index contributed by atoms with van der Waals surface area (Å²) in [7, 11) is -2.16. The van der Waals surface area contributed by atoms with Gasteiger partial charge < -0.3 is 9.72 Å². The second kappa shape index (κ2) is 6.12. The van der Waals surface area contributed by atoms with Crippen molar-refractivity contribution in [2.75, 3.05) is 18.1 Å². The first-order chi connectivity index (χ1) is 10.2. The van der Waals surface area contributed by atoms with Gasteiger partial charge in [0, 0.05) is 12.3 Å². The minimum atomic E-state index is -3.55. The number of benzene rings is 1. The quantitative estimate of drug-likeness (QED) is 0.678. The average molecular weight is 437 g/mol. The number of sulfonamides is 1. The normalized spacial score (nSPS) is 11.2. The number of nitrogens with one attached hydrogen (secondary N) is 2. The molecule has 0 bridgehead atoms. The molecule has 0 aliphatic carbocycles. The predicted octanol–water partition coefficient (Wildman–Crippen LogP) is 0.511. The molecule has 22 heavy (non-hydrogen) atoms. The summed E-state index contributed by atoms with van der Waals surface area (Å²) in [4.78, 5) is 26.1. The molecule has 0 unspecified atom stereocenters. The summed E-state index contributed by atoms with van der Waals surface area (Å²) in [5.41, 5.74) is -0.793. The van der Waals surface area contributed by atoms with Crippen molar-refractivity contribution in [2.45, 2.75) is 0 Å². The lowest BCUT2D eigenvalue weighted by atomic mass is 10.2. The second-order valence-electron chi connectivity index (χ2n) is 4.34. The van der Waals surface area contributed by atoms with Gasteiger partial charge in [0.15, 0.2) is 5.75 Å². The summed E-state index contributed by atoms with van der Waals surface area (Å²) in [5.74, 6) is 0.301. The number of rotatable bonds is 4. The van der Waals surface area contributed by atoms with Crippen LogP contribution in [0.4, 0.5) is 5.69 Å². The molecule has 0 atom stereocenters. The summed E-state index contributed by atoms with van der Waals surface area (Å²) in [6.45, 7) is 0. The number of H-pyrrole nitrogens is 1. The van der Waals surface area contributed by atoms with Crippen LogP contribution in [-0.2, 0) is 10.0 Å².